The zero-order chi connectivity index (χ0) is 15.4. The fourth-order valence-corrected chi connectivity index (χ4v) is 2.42. The standard InChI is InChI=1S/C14H20BrN7/c1-16-5-2-6-17-14-18-8-10(15)13(20-14)19-12-7-11(21-22-12)9-3-4-9/h7-9,16H,2-6H2,1H3,(H3,17,18,19,20,21,22). The summed E-state index contributed by atoms with van der Waals surface area (Å²) in [7, 11) is 1.94. The van der Waals surface area contributed by atoms with Crippen LogP contribution >= 0.6 is 15.9 Å². The van der Waals surface area contributed by atoms with Crippen molar-refractivity contribution in [2.75, 3.05) is 30.8 Å². The van der Waals surface area contributed by atoms with Crippen molar-refractivity contribution < 1.29 is 0 Å². The van der Waals surface area contributed by atoms with Gasteiger partial charge < -0.3 is 16.0 Å². The molecule has 3 rings (SSSR count). The van der Waals surface area contributed by atoms with Crippen molar-refractivity contribution in [3.8, 4) is 0 Å². The molecule has 1 aliphatic rings. The second kappa shape index (κ2) is 7.06. The number of H-pyrrole nitrogens is 1. The monoisotopic (exact) mass is 365 g/mol. The van der Waals surface area contributed by atoms with Gasteiger partial charge in [-0.15, -0.1) is 0 Å². The lowest BCUT2D eigenvalue weighted by Crippen LogP contribution is -2.14. The molecule has 22 heavy (non-hydrogen) atoms. The second-order valence-corrected chi connectivity index (χ2v) is 6.24. The summed E-state index contributed by atoms with van der Waals surface area (Å²) in [6, 6.07) is 2.05. The average Bonchev–Trinajstić information content (AvgIpc) is 3.27. The highest BCUT2D eigenvalue weighted by molar-refractivity contribution is 9.10. The van der Waals surface area contributed by atoms with Gasteiger partial charge >= 0.3 is 0 Å². The molecule has 0 unspecified atom stereocenters. The summed E-state index contributed by atoms with van der Waals surface area (Å²) in [5, 5.41) is 16.9. The molecule has 2 aromatic heterocycles. The van der Waals surface area contributed by atoms with E-state index < -0.39 is 0 Å². The number of hydrogen-bond acceptors (Lipinski definition) is 6. The van der Waals surface area contributed by atoms with Gasteiger partial charge in [-0.2, -0.15) is 10.1 Å². The first-order valence-electron chi connectivity index (χ1n) is 7.49. The molecule has 0 saturated heterocycles. The van der Waals surface area contributed by atoms with E-state index in [1.165, 1.54) is 18.5 Å². The van der Waals surface area contributed by atoms with Crippen molar-refractivity contribution in [2.24, 2.45) is 0 Å². The lowest BCUT2D eigenvalue weighted by molar-refractivity contribution is 0.745. The van der Waals surface area contributed by atoms with Gasteiger partial charge in [-0.05, 0) is 48.8 Å². The lowest BCUT2D eigenvalue weighted by Gasteiger charge is -2.08. The van der Waals surface area contributed by atoms with Crippen LogP contribution in [0.1, 0.15) is 30.9 Å². The van der Waals surface area contributed by atoms with Crippen molar-refractivity contribution in [3.05, 3.63) is 22.4 Å². The van der Waals surface area contributed by atoms with Gasteiger partial charge in [-0.3, -0.25) is 5.10 Å². The van der Waals surface area contributed by atoms with E-state index in [1.807, 2.05) is 13.1 Å². The predicted octanol–water partition coefficient (Wildman–Crippen LogP) is 2.60. The van der Waals surface area contributed by atoms with Crippen LogP contribution in [0.5, 0.6) is 0 Å². The summed E-state index contributed by atoms with van der Waals surface area (Å²) in [6.45, 7) is 1.79. The van der Waals surface area contributed by atoms with Crippen LogP contribution in [-0.4, -0.2) is 40.3 Å². The number of halogens is 1. The van der Waals surface area contributed by atoms with Crippen LogP contribution in [0, 0.1) is 0 Å². The summed E-state index contributed by atoms with van der Waals surface area (Å²) in [5.41, 5.74) is 1.19. The van der Waals surface area contributed by atoms with Crippen molar-refractivity contribution in [3.63, 3.8) is 0 Å². The molecule has 1 fully saturated rings. The van der Waals surface area contributed by atoms with Gasteiger partial charge in [0, 0.05) is 30.4 Å². The van der Waals surface area contributed by atoms with E-state index in [2.05, 4.69) is 52.0 Å². The maximum atomic E-state index is 4.48. The van der Waals surface area contributed by atoms with Gasteiger partial charge in [0.2, 0.25) is 5.95 Å². The average molecular weight is 366 g/mol. The Bertz CT molecular complexity index is 623. The number of nitrogens with zero attached hydrogens (tertiary/aromatic N) is 3. The van der Waals surface area contributed by atoms with Crippen LogP contribution in [0.2, 0.25) is 0 Å². The van der Waals surface area contributed by atoms with E-state index in [0.29, 0.717) is 17.7 Å². The number of aromatic amines is 1. The first kappa shape index (κ1) is 15.2. The number of hydrogen-bond donors (Lipinski definition) is 4. The normalized spacial score (nSPS) is 14.1. The van der Waals surface area contributed by atoms with Crippen molar-refractivity contribution in [2.45, 2.75) is 25.2 Å². The highest BCUT2D eigenvalue weighted by atomic mass is 79.9. The zero-order valence-electron chi connectivity index (χ0n) is 12.5. The zero-order valence-corrected chi connectivity index (χ0v) is 14.1. The molecule has 2 aromatic rings. The number of rotatable bonds is 8. The number of nitrogens with one attached hydrogen (secondary N) is 4. The van der Waals surface area contributed by atoms with E-state index in [4.69, 9.17) is 0 Å². The van der Waals surface area contributed by atoms with Crippen LogP contribution < -0.4 is 16.0 Å². The third-order valence-corrected chi connectivity index (χ3v) is 4.07. The maximum Gasteiger partial charge on any atom is 0.224 e. The Balaban J connectivity index is 1.63. The minimum Gasteiger partial charge on any atom is -0.354 e. The summed E-state index contributed by atoms with van der Waals surface area (Å²) >= 11 is 3.47. The van der Waals surface area contributed by atoms with Crippen LogP contribution in [0.4, 0.5) is 17.6 Å². The Labute approximate surface area is 137 Å². The minimum atomic E-state index is 0.611. The Morgan fingerprint density at radius 2 is 2.23 bits per heavy atom. The van der Waals surface area contributed by atoms with Crippen LogP contribution in [-0.2, 0) is 0 Å². The molecule has 118 valence electrons. The van der Waals surface area contributed by atoms with Gasteiger partial charge in [-0.1, -0.05) is 0 Å². The van der Waals surface area contributed by atoms with E-state index in [0.717, 1.165) is 29.8 Å². The number of aromatic nitrogens is 4. The van der Waals surface area contributed by atoms with Gasteiger partial charge in [0.05, 0.1) is 4.47 Å². The van der Waals surface area contributed by atoms with Crippen LogP contribution in [0.25, 0.3) is 0 Å². The van der Waals surface area contributed by atoms with E-state index in [1.54, 1.807) is 6.20 Å². The fraction of sp³-hybridized carbons (Fsp3) is 0.500. The molecule has 2 heterocycles. The third-order valence-electron chi connectivity index (χ3n) is 3.49. The quantitative estimate of drug-likeness (QED) is 0.537. The molecule has 7 nitrogen and oxygen atoms in total. The van der Waals surface area contributed by atoms with Crippen molar-refractivity contribution in [1.29, 1.82) is 0 Å². The highest BCUT2D eigenvalue weighted by Gasteiger charge is 2.25. The third kappa shape index (κ3) is 3.95. The molecule has 0 radical (unpaired) electrons. The van der Waals surface area contributed by atoms with E-state index >= 15 is 0 Å². The van der Waals surface area contributed by atoms with Crippen molar-refractivity contribution in [1.82, 2.24) is 25.5 Å². The minimum absolute atomic E-state index is 0.611. The molecular weight excluding hydrogens is 346 g/mol. The van der Waals surface area contributed by atoms with E-state index in [9.17, 15) is 0 Å². The van der Waals surface area contributed by atoms with Gasteiger partial charge in [0.1, 0.15) is 0 Å². The van der Waals surface area contributed by atoms with Gasteiger partial charge in [0.25, 0.3) is 0 Å². The van der Waals surface area contributed by atoms with Crippen molar-refractivity contribution >= 4 is 33.5 Å². The molecule has 0 aliphatic heterocycles. The SMILES string of the molecule is CNCCCNc1ncc(Br)c(Nc2cc(C3CC3)[nH]n2)n1. The van der Waals surface area contributed by atoms with Gasteiger partial charge in [-0.25, -0.2) is 4.98 Å². The smallest absolute Gasteiger partial charge is 0.224 e. The molecule has 0 spiro atoms. The van der Waals surface area contributed by atoms with Crippen LogP contribution in [0.15, 0.2) is 16.7 Å². The first-order valence-corrected chi connectivity index (χ1v) is 8.29. The molecule has 1 aliphatic carbocycles. The topological polar surface area (TPSA) is 90.6 Å². The molecule has 0 amide bonds. The lowest BCUT2D eigenvalue weighted by atomic mass is 10.3. The first-order chi connectivity index (χ1) is 10.8. The molecule has 8 heteroatoms. The summed E-state index contributed by atoms with van der Waals surface area (Å²) in [6.07, 6.45) is 5.26. The Kier molecular flexibility index (Phi) is 4.89. The fourth-order valence-electron chi connectivity index (χ4n) is 2.13. The second-order valence-electron chi connectivity index (χ2n) is 5.38. The highest BCUT2D eigenvalue weighted by Crippen LogP contribution is 2.39. The Hall–Kier alpha value is -1.67. The Morgan fingerprint density at radius 3 is 3.00 bits per heavy atom. The predicted molar refractivity (Wildman–Crippen MR) is 90.6 cm³/mol. The summed E-state index contributed by atoms with van der Waals surface area (Å²) < 4.78 is 0.809. The van der Waals surface area contributed by atoms with Gasteiger partial charge in [0.15, 0.2) is 11.6 Å². The number of anilines is 3. The molecule has 0 atom stereocenters. The largest absolute Gasteiger partial charge is 0.354 e. The Morgan fingerprint density at radius 1 is 1.36 bits per heavy atom. The molecule has 0 bridgehead atoms. The summed E-state index contributed by atoms with van der Waals surface area (Å²) in [4.78, 5) is 8.74. The van der Waals surface area contributed by atoms with Crippen LogP contribution in [0.3, 0.4) is 0 Å². The summed E-state index contributed by atoms with van der Waals surface area (Å²) in [5.74, 6) is 2.75. The maximum absolute atomic E-state index is 4.48. The molecule has 0 aromatic carbocycles. The molecule has 4 N–H and O–H groups in total. The van der Waals surface area contributed by atoms with E-state index in [-0.39, 0.29) is 0 Å². The molecule has 1 saturated carbocycles. The molecular formula is C14H20BrN7.